The molecular formula is C14H14Mg2. The second-order valence-electron chi connectivity index (χ2n) is 2.97. The molecule has 0 amide bonds. The normalized spacial score (nSPS) is 7.50. The Labute approximate surface area is 131 Å². The van der Waals surface area contributed by atoms with Gasteiger partial charge in [-0.2, -0.15) is 49.2 Å². The maximum absolute atomic E-state index is 3.72. The van der Waals surface area contributed by atoms with E-state index in [1.165, 1.54) is 0 Å². The average Bonchev–Trinajstić information content (AvgIpc) is 2.21. The molecule has 0 spiro atoms. The van der Waals surface area contributed by atoms with Crippen molar-refractivity contribution in [1.82, 2.24) is 0 Å². The Bertz CT molecular complexity index is 306. The van der Waals surface area contributed by atoms with E-state index in [2.05, 4.69) is 13.8 Å². The van der Waals surface area contributed by atoms with E-state index in [1.54, 1.807) is 0 Å². The van der Waals surface area contributed by atoms with E-state index in [1.807, 2.05) is 60.7 Å². The minimum absolute atomic E-state index is 0. The summed E-state index contributed by atoms with van der Waals surface area (Å²) in [6, 6.07) is 19.7. The van der Waals surface area contributed by atoms with Gasteiger partial charge in [-0.05, 0) is 0 Å². The van der Waals surface area contributed by atoms with Gasteiger partial charge in [-0.15, -0.1) is 24.3 Å². The molecule has 0 aliphatic heterocycles. The summed E-state index contributed by atoms with van der Waals surface area (Å²) in [6.07, 6.45) is 0. The van der Waals surface area contributed by atoms with E-state index in [9.17, 15) is 0 Å². The molecule has 0 saturated carbocycles. The zero-order valence-corrected chi connectivity index (χ0v) is 12.4. The van der Waals surface area contributed by atoms with Gasteiger partial charge in [0.15, 0.2) is 0 Å². The Hall–Kier alpha value is -0.288. The maximum atomic E-state index is 3.72. The van der Waals surface area contributed by atoms with Crippen molar-refractivity contribution in [2.24, 2.45) is 0 Å². The molecule has 0 atom stereocenters. The van der Waals surface area contributed by atoms with Crippen LogP contribution in [-0.2, 0) is 0 Å². The van der Waals surface area contributed by atoms with Crippen LogP contribution in [0.1, 0.15) is 11.1 Å². The molecule has 2 radical (unpaired) electrons. The second kappa shape index (κ2) is 11.2. The summed E-state index contributed by atoms with van der Waals surface area (Å²) >= 11 is 0. The fourth-order valence-corrected chi connectivity index (χ4v) is 0.956. The summed E-state index contributed by atoms with van der Waals surface area (Å²) in [6.45, 7) is 7.44. The Morgan fingerprint density at radius 1 is 0.562 bits per heavy atom. The molecule has 0 bridgehead atoms. The third-order valence-electron chi connectivity index (χ3n) is 1.69. The van der Waals surface area contributed by atoms with Gasteiger partial charge in [-0.3, -0.25) is 0 Å². The first-order valence-corrected chi connectivity index (χ1v) is 4.53. The molecule has 0 aromatic heterocycles. The van der Waals surface area contributed by atoms with Gasteiger partial charge in [0.05, 0.1) is 0 Å². The van der Waals surface area contributed by atoms with Crippen LogP contribution in [0, 0.1) is 13.8 Å². The van der Waals surface area contributed by atoms with Crippen LogP contribution in [0.4, 0.5) is 0 Å². The summed E-state index contributed by atoms with van der Waals surface area (Å²) in [4.78, 5) is 0. The number of benzene rings is 2. The van der Waals surface area contributed by atoms with Crippen molar-refractivity contribution in [3.8, 4) is 0 Å². The van der Waals surface area contributed by atoms with Crippen LogP contribution in [0.3, 0.4) is 0 Å². The SMILES string of the molecule is [CH2-]c1ccccc1.[CH2-]c1ccccc1.[Mg+2].[Mg]. The molecule has 16 heavy (non-hydrogen) atoms. The van der Waals surface area contributed by atoms with E-state index < -0.39 is 0 Å². The van der Waals surface area contributed by atoms with Gasteiger partial charge in [0.1, 0.15) is 0 Å². The minimum atomic E-state index is 0. The molecular weight excluding hydrogens is 217 g/mol. The molecule has 0 nitrogen and oxygen atoms in total. The predicted molar refractivity (Wildman–Crippen MR) is 73.3 cm³/mol. The quantitative estimate of drug-likeness (QED) is 0.482. The maximum Gasteiger partial charge on any atom is 2.00 e. The molecule has 0 N–H and O–H groups in total. The van der Waals surface area contributed by atoms with Crippen molar-refractivity contribution in [3.63, 3.8) is 0 Å². The number of rotatable bonds is 0. The largest absolute Gasteiger partial charge is 2.00 e. The fourth-order valence-electron chi connectivity index (χ4n) is 0.956. The first-order valence-electron chi connectivity index (χ1n) is 4.53. The van der Waals surface area contributed by atoms with Gasteiger partial charge >= 0.3 is 23.1 Å². The summed E-state index contributed by atoms with van der Waals surface area (Å²) in [5, 5.41) is 0. The second-order valence-corrected chi connectivity index (χ2v) is 2.97. The average molecular weight is 231 g/mol. The van der Waals surface area contributed by atoms with Crippen LogP contribution in [0.15, 0.2) is 60.7 Å². The van der Waals surface area contributed by atoms with Crippen LogP contribution < -0.4 is 0 Å². The molecule has 0 heterocycles. The molecule has 0 saturated heterocycles. The van der Waals surface area contributed by atoms with Crippen molar-refractivity contribution in [2.75, 3.05) is 0 Å². The van der Waals surface area contributed by atoms with Gasteiger partial charge in [0.2, 0.25) is 0 Å². The van der Waals surface area contributed by atoms with Crippen LogP contribution in [0.2, 0.25) is 0 Å². The van der Waals surface area contributed by atoms with Crippen molar-refractivity contribution in [1.29, 1.82) is 0 Å². The molecule has 0 aliphatic rings. The fraction of sp³-hybridized carbons (Fsp3) is 0. The van der Waals surface area contributed by atoms with Crippen LogP contribution in [0.5, 0.6) is 0 Å². The first kappa shape index (κ1) is 18.1. The van der Waals surface area contributed by atoms with Crippen LogP contribution in [0.25, 0.3) is 0 Å². The molecule has 0 fully saturated rings. The summed E-state index contributed by atoms with van der Waals surface area (Å²) in [7, 11) is 0. The standard InChI is InChI=1S/2C7H7.2Mg/c2*1-7-5-3-2-4-6-7;;/h2*2-6H,1H2;;/q2*-1;;+2. The molecule has 2 rings (SSSR count). The first-order chi connectivity index (χ1) is 6.79. The monoisotopic (exact) mass is 230 g/mol. The number of hydrogen-bond donors (Lipinski definition) is 0. The topological polar surface area (TPSA) is 0 Å². The van der Waals surface area contributed by atoms with E-state index in [-0.39, 0.29) is 46.1 Å². The Morgan fingerprint density at radius 2 is 0.812 bits per heavy atom. The third kappa shape index (κ3) is 8.98. The van der Waals surface area contributed by atoms with Gasteiger partial charge in [0.25, 0.3) is 0 Å². The Balaban J connectivity index is 0. The smallest absolute Gasteiger partial charge is 0.199 e. The molecule has 2 aromatic rings. The van der Waals surface area contributed by atoms with E-state index in [0.29, 0.717) is 0 Å². The van der Waals surface area contributed by atoms with E-state index in [4.69, 9.17) is 0 Å². The van der Waals surface area contributed by atoms with Gasteiger partial charge in [0, 0.05) is 23.1 Å². The summed E-state index contributed by atoms with van der Waals surface area (Å²) in [5.41, 5.74) is 2.14. The van der Waals surface area contributed by atoms with Crippen molar-refractivity contribution in [3.05, 3.63) is 85.6 Å². The van der Waals surface area contributed by atoms with Gasteiger partial charge in [-0.25, -0.2) is 0 Å². The molecule has 74 valence electrons. The van der Waals surface area contributed by atoms with Crippen molar-refractivity contribution in [2.45, 2.75) is 0 Å². The molecule has 0 aliphatic carbocycles. The zero-order chi connectivity index (χ0) is 10.2. The molecule has 2 heteroatoms. The number of hydrogen-bond acceptors (Lipinski definition) is 0. The molecule has 2 aromatic carbocycles. The van der Waals surface area contributed by atoms with Crippen LogP contribution >= 0.6 is 0 Å². The summed E-state index contributed by atoms with van der Waals surface area (Å²) < 4.78 is 0. The van der Waals surface area contributed by atoms with E-state index in [0.717, 1.165) is 11.1 Å². The van der Waals surface area contributed by atoms with E-state index >= 15 is 0 Å². The van der Waals surface area contributed by atoms with Crippen molar-refractivity contribution >= 4 is 46.1 Å². The molecule has 0 unspecified atom stereocenters. The summed E-state index contributed by atoms with van der Waals surface area (Å²) in [5.74, 6) is 0. The van der Waals surface area contributed by atoms with Gasteiger partial charge in [-0.1, -0.05) is 12.1 Å². The Morgan fingerprint density at radius 3 is 0.938 bits per heavy atom. The van der Waals surface area contributed by atoms with Crippen molar-refractivity contribution < 1.29 is 0 Å². The van der Waals surface area contributed by atoms with Gasteiger partial charge < -0.3 is 0 Å². The third-order valence-corrected chi connectivity index (χ3v) is 1.69. The minimum Gasteiger partial charge on any atom is -0.199 e. The van der Waals surface area contributed by atoms with Crippen LogP contribution in [-0.4, -0.2) is 46.1 Å². The zero-order valence-electron chi connectivity index (χ0n) is 9.60. The Kier molecular flexibility index (Phi) is 12.7. The predicted octanol–water partition coefficient (Wildman–Crippen LogP) is 2.98.